The van der Waals surface area contributed by atoms with E-state index in [4.69, 9.17) is 4.74 Å². The highest BCUT2D eigenvalue weighted by Crippen LogP contribution is 2.38. The summed E-state index contributed by atoms with van der Waals surface area (Å²) in [6, 6.07) is 17.1. The summed E-state index contributed by atoms with van der Waals surface area (Å²) in [7, 11) is 0. The Hall–Kier alpha value is -3.88. The van der Waals surface area contributed by atoms with Gasteiger partial charge in [-0.05, 0) is 50.2 Å². The average molecular weight is 472 g/mol. The highest BCUT2D eigenvalue weighted by atomic mass is 19.4. The van der Waals surface area contributed by atoms with Crippen molar-refractivity contribution in [1.29, 1.82) is 0 Å². The molecule has 1 heterocycles. The van der Waals surface area contributed by atoms with Crippen LogP contribution in [-0.4, -0.2) is 22.4 Å². The normalized spacial score (nSPS) is 15.7. The molecule has 3 aromatic carbocycles. The first-order valence-electron chi connectivity index (χ1n) is 10.3. The molecule has 1 fully saturated rings. The van der Waals surface area contributed by atoms with E-state index in [1.54, 1.807) is 48.5 Å². The number of amides is 3. The zero-order valence-electron chi connectivity index (χ0n) is 18.3. The van der Waals surface area contributed by atoms with Gasteiger partial charge in [0.2, 0.25) is 0 Å². The summed E-state index contributed by atoms with van der Waals surface area (Å²) < 4.78 is 59.3. The smallest absolute Gasteiger partial charge is 0.419 e. The molecular weight excluding hydrogens is 452 g/mol. The highest BCUT2D eigenvalue weighted by Gasteiger charge is 2.52. The first kappa shape index (κ1) is 23.3. The van der Waals surface area contributed by atoms with Gasteiger partial charge in [-0.3, -0.25) is 4.79 Å². The summed E-state index contributed by atoms with van der Waals surface area (Å²) in [4.78, 5) is 28.3. The van der Waals surface area contributed by atoms with Crippen LogP contribution in [0.5, 0.6) is 11.5 Å². The number of hydrogen-bond acceptors (Lipinski definition) is 3. The number of ether oxygens (including phenoxy) is 1. The van der Waals surface area contributed by atoms with Gasteiger partial charge in [-0.15, -0.1) is 0 Å². The van der Waals surface area contributed by atoms with Crippen molar-refractivity contribution in [3.05, 3.63) is 89.7 Å². The fraction of sp³-hybridized carbons (Fsp3) is 0.200. The maximum atomic E-state index is 13.8. The van der Waals surface area contributed by atoms with Gasteiger partial charge in [0, 0.05) is 5.56 Å². The monoisotopic (exact) mass is 472 g/mol. The van der Waals surface area contributed by atoms with E-state index >= 15 is 0 Å². The Morgan fingerprint density at radius 2 is 1.56 bits per heavy atom. The molecule has 0 unspecified atom stereocenters. The molecule has 0 spiro atoms. The lowest BCUT2D eigenvalue weighted by molar-refractivity contribution is -0.140. The van der Waals surface area contributed by atoms with Gasteiger partial charge in [-0.25, -0.2) is 14.1 Å². The third kappa shape index (κ3) is 4.21. The summed E-state index contributed by atoms with van der Waals surface area (Å²) in [6.45, 7) is 2.97. The number of halogens is 4. The molecule has 1 aliphatic heterocycles. The molecule has 0 bridgehead atoms. The van der Waals surface area contributed by atoms with Gasteiger partial charge in [0.15, 0.2) is 0 Å². The van der Waals surface area contributed by atoms with Crippen molar-refractivity contribution in [3.8, 4) is 11.5 Å². The van der Waals surface area contributed by atoms with Gasteiger partial charge >= 0.3 is 12.2 Å². The number of carbonyl (C=O) groups is 2. The van der Waals surface area contributed by atoms with E-state index in [0.717, 1.165) is 6.07 Å². The van der Waals surface area contributed by atoms with Crippen molar-refractivity contribution >= 4 is 17.6 Å². The second-order valence-corrected chi connectivity index (χ2v) is 8.25. The molecule has 0 aliphatic carbocycles. The van der Waals surface area contributed by atoms with E-state index in [9.17, 15) is 27.2 Å². The van der Waals surface area contributed by atoms with Crippen molar-refractivity contribution in [1.82, 2.24) is 4.90 Å². The molecule has 3 aromatic rings. The van der Waals surface area contributed by atoms with E-state index in [1.165, 1.54) is 18.7 Å². The largest absolute Gasteiger partial charge is 0.457 e. The zero-order chi connectivity index (χ0) is 24.7. The predicted octanol–water partition coefficient (Wildman–Crippen LogP) is 6.38. The number of anilines is 1. The van der Waals surface area contributed by atoms with Crippen LogP contribution in [-0.2, 0) is 17.5 Å². The average Bonchev–Trinajstić information content (AvgIpc) is 2.95. The minimum absolute atomic E-state index is 0.0373. The number of para-hydroxylation sites is 2. The molecule has 34 heavy (non-hydrogen) atoms. The van der Waals surface area contributed by atoms with Crippen LogP contribution in [0, 0.1) is 5.82 Å². The fourth-order valence-corrected chi connectivity index (χ4v) is 3.72. The molecule has 1 saturated heterocycles. The van der Waals surface area contributed by atoms with E-state index in [-0.39, 0.29) is 12.2 Å². The van der Waals surface area contributed by atoms with E-state index in [1.807, 2.05) is 6.07 Å². The van der Waals surface area contributed by atoms with Gasteiger partial charge < -0.3 is 9.64 Å². The second kappa shape index (κ2) is 8.48. The quantitative estimate of drug-likeness (QED) is 0.320. The number of rotatable bonds is 5. The van der Waals surface area contributed by atoms with Crippen molar-refractivity contribution in [2.24, 2.45) is 0 Å². The van der Waals surface area contributed by atoms with Crippen molar-refractivity contribution < 1.29 is 31.9 Å². The van der Waals surface area contributed by atoms with Gasteiger partial charge in [0.05, 0.1) is 17.8 Å². The van der Waals surface area contributed by atoms with Crippen LogP contribution in [0.15, 0.2) is 72.8 Å². The third-order valence-corrected chi connectivity index (χ3v) is 5.61. The Labute approximate surface area is 193 Å². The summed E-state index contributed by atoms with van der Waals surface area (Å²) in [5.74, 6) is -1.17. The maximum Gasteiger partial charge on any atom is 0.419 e. The second-order valence-electron chi connectivity index (χ2n) is 8.25. The number of nitrogens with zero attached hydrogens (tertiary/aromatic N) is 2. The minimum Gasteiger partial charge on any atom is -0.457 e. The number of alkyl halides is 3. The number of urea groups is 1. The number of hydrogen-bond donors (Lipinski definition) is 0. The highest BCUT2D eigenvalue weighted by molar-refractivity contribution is 6.23. The Bertz CT molecular complexity index is 1240. The van der Waals surface area contributed by atoms with E-state index in [0.29, 0.717) is 34.1 Å². The molecule has 0 radical (unpaired) electrons. The Kier molecular flexibility index (Phi) is 5.80. The van der Waals surface area contributed by atoms with Crippen LogP contribution >= 0.6 is 0 Å². The zero-order valence-corrected chi connectivity index (χ0v) is 18.3. The number of imide groups is 1. The van der Waals surface area contributed by atoms with E-state index < -0.39 is 35.0 Å². The minimum atomic E-state index is -4.98. The molecule has 0 atom stereocenters. The third-order valence-electron chi connectivity index (χ3n) is 5.61. The maximum absolute atomic E-state index is 13.8. The van der Waals surface area contributed by atoms with E-state index in [2.05, 4.69) is 0 Å². The molecule has 176 valence electrons. The molecule has 0 aromatic heterocycles. The standard InChI is InChI=1S/C25H20F4N2O3/c1-24(2)22(32)31(17-12-13-20(26)19(14-17)25(27,28)29)23(33)30(24)15-16-8-6-7-11-21(16)34-18-9-4-3-5-10-18/h3-14H,15H2,1-2H3. The summed E-state index contributed by atoms with van der Waals surface area (Å²) in [6.07, 6.45) is -4.98. The lowest BCUT2D eigenvalue weighted by Crippen LogP contribution is -2.43. The number of benzene rings is 3. The first-order valence-corrected chi connectivity index (χ1v) is 10.3. The first-order chi connectivity index (χ1) is 16.0. The molecule has 0 N–H and O–H groups in total. The molecule has 1 aliphatic rings. The summed E-state index contributed by atoms with van der Waals surface area (Å²) in [5, 5.41) is 0. The molecule has 5 nitrogen and oxygen atoms in total. The lowest BCUT2D eigenvalue weighted by atomic mass is 10.0. The Morgan fingerprint density at radius 1 is 0.912 bits per heavy atom. The van der Waals surface area contributed by atoms with Crippen LogP contribution in [0.2, 0.25) is 0 Å². The van der Waals surface area contributed by atoms with Crippen molar-refractivity contribution in [2.45, 2.75) is 32.1 Å². The van der Waals surface area contributed by atoms with Crippen molar-refractivity contribution in [2.75, 3.05) is 4.90 Å². The van der Waals surface area contributed by atoms with Crippen LogP contribution < -0.4 is 9.64 Å². The van der Waals surface area contributed by atoms with Crippen LogP contribution in [0.4, 0.5) is 28.0 Å². The predicted molar refractivity (Wildman–Crippen MR) is 117 cm³/mol. The Morgan fingerprint density at radius 3 is 2.24 bits per heavy atom. The number of carbonyl (C=O) groups excluding carboxylic acids is 2. The van der Waals surface area contributed by atoms with Crippen LogP contribution in [0.3, 0.4) is 0 Å². The van der Waals surface area contributed by atoms with Gasteiger partial charge in [0.25, 0.3) is 5.91 Å². The topological polar surface area (TPSA) is 49.9 Å². The summed E-state index contributed by atoms with van der Waals surface area (Å²) in [5.41, 5.74) is -2.68. The van der Waals surface area contributed by atoms with Gasteiger partial charge in [-0.1, -0.05) is 36.4 Å². The van der Waals surface area contributed by atoms with Gasteiger partial charge in [0.1, 0.15) is 22.9 Å². The Balaban J connectivity index is 1.67. The lowest BCUT2D eigenvalue weighted by Gasteiger charge is -2.28. The molecule has 4 rings (SSSR count). The SMILES string of the molecule is CC1(C)C(=O)N(c2ccc(F)c(C(F)(F)F)c2)C(=O)N1Cc1ccccc1Oc1ccccc1. The molecule has 0 saturated carbocycles. The molecule has 3 amide bonds. The molecular formula is C25H20F4N2O3. The van der Waals surface area contributed by atoms with Gasteiger partial charge in [-0.2, -0.15) is 13.2 Å². The van der Waals surface area contributed by atoms with Crippen molar-refractivity contribution in [3.63, 3.8) is 0 Å². The van der Waals surface area contributed by atoms with Crippen LogP contribution in [0.1, 0.15) is 25.0 Å². The summed E-state index contributed by atoms with van der Waals surface area (Å²) >= 11 is 0. The molecule has 9 heteroatoms. The van der Waals surface area contributed by atoms with Crippen LogP contribution in [0.25, 0.3) is 0 Å². The fourth-order valence-electron chi connectivity index (χ4n) is 3.72.